The summed E-state index contributed by atoms with van der Waals surface area (Å²) in [4.78, 5) is 12.2. The van der Waals surface area contributed by atoms with Gasteiger partial charge in [-0.2, -0.15) is 4.57 Å². The number of pyridine rings is 1. The molecule has 1 aromatic heterocycles. The minimum absolute atomic E-state index is 0.0263. The number of anilines is 1. The lowest BCUT2D eigenvalue weighted by Gasteiger charge is -2.09. The molecule has 1 N–H and O–H groups in total. The van der Waals surface area contributed by atoms with Crippen molar-refractivity contribution < 1.29 is 9.36 Å². The average Bonchev–Trinajstić information content (AvgIpc) is 2.49. The lowest BCUT2D eigenvalue weighted by Crippen LogP contribution is -2.44. The highest BCUT2D eigenvalue weighted by Crippen LogP contribution is 2.14. The van der Waals surface area contributed by atoms with E-state index in [9.17, 15) is 4.79 Å². The molecule has 0 radical (unpaired) electrons. The Hall–Kier alpha value is -1.68. The van der Waals surface area contributed by atoms with Crippen molar-refractivity contribution in [1.82, 2.24) is 0 Å². The van der Waals surface area contributed by atoms with Crippen molar-refractivity contribution in [3.63, 3.8) is 0 Å². The molecule has 20 heavy (non-hydrogen) atoms. The fraction of sp³-hybridized carbons (Fsp3) is 0.250. The van der Waals surface area contributed by atoms with Crippen LogP contribution in [0, 0.1) is 0 Å². The molecule has 4 heteroatoms. The molecule has 0 bridgehead atoms. The number of aryl methyl sites for hydroxylation is 1. The van der Waals surface area contributed by atoms with Crippen LogP contribution in [0.25, 0.3) is 0 Å². The number of rotatable bonds is 4. The molecule has 0 spiro atoms. The number of halogens is 1. The van der Waals surface area contributed by atoms with Crippen molar-refractivity contribution in [1.29, 1.82) is 0 Å². The molecule has 1 atom stereocenters. The topological polar surface area (TPSA) is 33.0 Å². The van der Waals surface area contributed by atoms with E-state index in [1.165, 1.54) is 5.56 Å². The Balaban J connectivity index is 2.05. The Morgan fingerprint density at radius 3 is 2.35 bits per heavy atom. The summed E-state index contributed by atoms with van der Waals surface area (Å²) in [6, 6.07) is 11.4. The van der Waals surface area contributed by atoms with Gasteiger partial charge in [-0.1, -0.05) is 22.9 Å². The minimum atomic E-state index is -0.246. The Morgan fingerprint density at radius 1 is 1.20 bits per heavy atom. The van der Waals surface area contributed by atoms with E-state index in [-0.39, 0.29) is 11.9 Å². The molecule has 3 nitrogen and oxygen atoms in total. The van der Waals surface area contributed by atoms with Crippen LogP contribution in [0.15, 0.2) is 53.3 Å². The third-order valence-corrected chi connectivity index (χ3v) is 3.80. The molecule has 0 fully saturated rings. The first-order valence-corrected chi connectivity index (χ1v) is 7.45. The van der Waals surface area contributed by atoms with Crippen molar-refractivity contribution >= 4 is 27.5 Å². The van der Waals surface area contributed by atoms with Gasteiger partial charge in [0.2, 0.25) is 6.04 Å². The van der Waals surface area contributed by atoms with Crippen molar-refractivity contribution in [3.8, 4) is 0 Å². The van der Waals surface area contributed by atoms with Crippen molar-refractivity contribution in [2.24, 2.45) is 0 Å². The highest BCUT2D eigenvalue weighted by Gasteiger charge is 2.21. The van der Waals surface area contributed by atoms with E-state index < -0.39 is 0 Å². The summed E-state index contributed by atoms with van der Waals surface area (Å²) in [5, 5.41) is 2.92. The molecule has 2 aromatic rings. The standard InChI is InChI=1S/C16H17BrN2O/c1-3-13-8-10-19(11-9-13)12(2)16(20)18-15-6-4-14(17)5-7-15/h4-12H,3H2,1-2H3/p+1/t12-/m0/s1. The molecule has 0 saturated carbocycles. The van der Waals surface area contributed by atoms with Crippen LogP contribution in [0.2, 0.25) is 0 Å². The maximum atomic E-state index is 12.2. The monoisotopic (exact) mass is 333 g/mol. The Kier molecular flexibility index (Phi) is 4.90. The van der Waals surface area contributed by atoms with E-state index in [0.29, 0.717) is 0 Å². The van der Waals surface area contributed by atoms with Gasteiger partial charge in [0.15, 0.2) is 12.4 Å². The van der Waals surface area contributed by atoms with Gasteiger partial charge in [0.25, 0.3) is 5.91 Å². The molecule has 1 heterocycles. The van der Waals surface area contributed by atoms with E-state index in [1.807, 2.05) is 60.3 Å². The van der Waals surface area contributed by atoms with Gasteiger partial charge in [-0.15, -0.1) is 0 Å². The number of carbonyl (C=O) groups is 1. The normalized spacial score (nSPS) is 11.9. The second-order valence-corrected chi connectivity index (χ2v) is 5.59. The lowest BCUT2D eigenvalue weighted by atomic mass is 10.2. The second kappa shape index (κ2) is 6.66. The number of aromatic nitrogens is 1. The summed E-state index contributed by atoms with van der Waals surface area (Å²) in [6.45, 7) is 4.00. The van der Waals surface area contributed by atoms with Gasteiger partial charge < -0.3 is 5.32 Å². The quantitative estimate of drug-likeness (QED) is 0.853. The third kappa shape index (κ3) is 3.67. The zero-order chi connectivity index (χ0) is 14.5. The maximum absolute atomic E-state index is 12.2. The number of hydrogen-bond acceptors (Lipinski definition) is 1. The fourth-order valence-electron chi connectivity index (χ4n) is 1.88. The van der Waals surface area contributed by atoms with E-state index in [4.69, 9.17) is 0 Å². The van der Waals surface area contributed by atoms with Gasteiger partial charge in [0, 0.05) is 29.2 Å². The zero-order valence-electron chi connectivity index (χ0n) is 11.6. The number of hydrogen-bond donors (Lipinski definition) is 1. The number of amides is 1. The highest BCUT2D eigenvalue weighted by molar-refractivity contribution is 9.10. The summed E-state index contributed by atoms with van der Waals surface area (Å²) in [5.74, 6) is -0.0263. The van der Waals surface area contributed by atoms with Crippen LogP contribution in [0.3, 0.4) is 0 Å². The van der Waals surface area contributed by atoms with Crippen LogP contribution in [0.1, 0.15) is 25.5 Å². The first kappa shape index (κ1) is 14.7. The Bertz CT molecular complexity index is 578. The summed E-state index contributed by atoms with van der Waals surface area (Å²) >= 11 is 3.37. The molecule has 2 rings (SSSR count). The van der Waals surface area contributed by atoms with Gasteiger partial charge in [-0.05, 0) is 36.2 Å². The summed E-state index contributed by atoms with van der Waals surface area (Å²) < 4.78 is 2.90. The van der Waals surface area contributed by atoms with Crippen molar-refractivity contribution in [2.75, 3.05) is 5.32 Å². The van der Waals surface area contributed by atoms with Crippen molar-refractivity contribution in [3.05, 3.63) is 58.8 Å². The molecular weight excluding hydrogens is 316 g/mol. The molecule has 104 valence electrons. The van der Waals surface area contributed by atoms with E-state index in [1.54, 1.807) is 0 Å². The van der Waals surface area contributed by atoms with Crippen LogP contribution in [0.5, 0.6) is 0 Å². The van der Waals surface area contributed by atoms with Gasteiger partial charge in [0.1, 0.15) is 0 Å². The first-order chi connectivity index (χ1) is 9.60. The number of nitrogens with zero attached hydrogens (tertiary/aromatic N) is 1. The Labute approximate surface area is 127 Å². The largest absolute Gasteiger partial charge is 0.320 e. The number of carbonyl (C=O) groups excluding carboxylic acids is 1. The molecule has 0 unspecified atom stereocenters. The van der Waals surface area contributed by atoms with Gasteiger partial charge >= 0.3 is 0 Å². The smallest absolute Gasteiger partial charge is 0.293 e. The highest BCUT2D eigenvalue weighted by atomic mass is 79.9. The summed E-state index contributed by atoms with van der Waals surface area (Å²) in [6.07, 6.45) is 4.90. The van der Waals surface area contributed by atoms with Crippen molar-refractivity contribution in [2.45, 2.75) is 26.3 Å². The number of nitrogens with one attached hydrogen (secondary N) is 1. The molecule has 0 aliphatic heterocycles. The molecular formula is C16H18BrN2O+. The lowest BCUT2D eigenvalue weighted by molar-refractivity contribution is -0.705. The van der Waals surface area contributed by atoms with Gasteiger partial charge in [-0.25, -0.2) is 0 Å². The van der Waals surface area contributed by atoms with E-state index in [2.05, 4.69) is 28.2 Å². The minimum Gasteiger partial charge on any atom is -0.320 e. The van der Waals surface area contributed by atoms with Crippen LogP contribution in [0.4, 0.5) is 5.69 Å². The predicted molar refractivity (Wildman–Crippen MR) is 83.5 cm³/mol. The van der Waals surface area contributed by atoms with E-state index in [0.717, 1.165) is 16.6 Å². The molecule has 0 aliphatic carbocycles. The van der Waals surface area contributed by atoms with Crippen LogP contribution in [-0.2, 0) is 11.2 Å². The van der Waals surface area contributed by atoms with Gasteiger partial charge in [0.05, 0.1) is 0 Å². The average molecular weight is 334 g/mol. The van der Waals surface area contributed by atoms with Crippen LogP contribution < -0.4 is 9.88 Å². The Morgan fingerprint density at radius 2 is 1.80 bits per heavy atom. The van der Waals surface area contributed by atoms with Gasteiger partial charge in [-0.3, -0.25) is 4.79 Å². The molecule has 1 aromatic carbocycles. The fourth-order valence-corrected chi connectivity index (χ4v) is 2.14. The van der Waals surface area contributed by atoms with E-state index >= 15 is 0 Å². The first-order valence-electron chi connectivity index (χ1n) is 6.66. The molecule has 1 amide bonds. The summed E-state index contributed by atoms with van der Waals surface area (Å²) in [7, 11) is 0. The molecule has 0 aliphatic rings. The van der Waals surface area contributed by atoms with Crippen LogP contribution >= 0.6 is 15.9 Å². The number of benzene rings is 1. The predicted octanol–water partition coefficient (Wildman–Crippen LogP) is 3.50. The second-order valence-electron chi connectivity index (χ2n) is 4.68. The zero-order valence-corrected chi connectivity index (χ0v) is 13.2. The summed E-state index contributed by atoms with van der Waals surface area (Å²) in [5.41, 5.74) is 2.07. The maximum Gasteiger partial charge on any atom is 0.293 e. The SMILES string of the molecule is CCc1cc[n+]([C@@H](C)C(=O)Nc2ccc(Br)cc2)cc1. The third-order valence-electron chi connectivity index (χ3n) is 3.27. The molecule has 0 saturated heterocycles. The van der Waals surface area contributed by atoms with Crippen LogP contribution in [-0.4, -0.2) is 5.91 Å².